The van der Waals surface area contributed by atoms with E-state index in [1.54, 1.807) is 6.20 Å². The largest absolute Gasteiger partial charge is 0.321 e. The molecule has 3 aromatic rings. The molecule has 0 radical (unpaired) electrons. The Balaban J connectivity index is 2.06. The number of nitrogens with zero attached hydrogens (tertiary/aromatic N) is 1. The number of carbonyl (C=O) groups excluding carboxylic acids is 2. The molecule has 24 heavy (non-hydrogen) atoms. The number of hydrogen-bond donors (Lipinski definition) is 1. The topological polar surface area (TPSA) is 51.1 Å². The maximum atomic E-state index is 12.8. The van der Waals surface area contributed by atoms with E-state index in [9.17, 15) is 9.59 Å². The Bertz CT molecular complexity index is 938. The van der Waals surface area contributed by atoms with E-state index in [0.29, 0.717) is 5.56 Å². The minimum Gasteiger partial charge on any atom is -0.321 e. The Morgan fingerprint density at radius 1 is 1.08 bits per heavy atom. The molecule has 4 heteroatoms. The second-order valence-electron chi connectivity index (χ2n) is 5.87. The van der Waals surface area contributed by atoms with Crippen LogP contribution in [0.1, 0.15) is 40.1 Å². The molecule has 0 atom stereocenters. The highest BCUT2D eigenvalue weighted by Crippen LogP contribution is 2.25. The molecule has 0 fully saturated rings. The number of amides is 1. The number of carbonyl (C=O) groups is 2. The summed E-state index contributed by atoms with van der Waals surface area (Å²) in [4.78, 5) is 24.7. The lowest BCUT2D eigenvalue weighted by Crippen LogP contribution is -2.14. The van der Waals surface area contributed by atoms with E-state index in [0.717, 1.165) is 34.1 Å². The lowest BCUT2D eigenvalue weighted by atomic mass is 10.1. The summed E-state index contributed by atoms with van der Waals surface area (Å²) in [6.07, 6.45) is 2.46. The number of fused-ring (bicyclic) bond motifs is 1. The average molecular weight is 320 g/mol. The van der Waals surface area contributed by atoms with Gasteiger partial charge in [-0.2, -0.15) is 0 Å². The third kappa shape index (κ3) is 2.71. The first kappa shape index (κ1) is 16.0. The Morgan fingerprint density at radius 3 is 2.54 bits per heavy atom. The number of aryl methyl sites for hydroxylation is 2. The van der Waals surface area contributed by atoms with Gasteiger partial charge in [-0.15, -0.1) is 0 Å². The van der Waals surface area contributed by atoms with Crippen molar-refractivity contribution in [3.05, 3.63) is 65.4 Å². The van der Waals surface area contributed by atoms with Crippen molar-refractivity contribution in [1.82, 2.24) is 4.57 Å². The maximum absolute atomic E-state index is 12.8. The number of benzene rings is 2. The molecule has 1 amide bonds. The number of rotatable bonds is 3. The normalized spacial score (nSPS) is 10.8. The fourth-order valence-electron chi connectivity index (χ4n) is 3.00. The zero-order chi connectivity index (χ0) is 17.3. The van der Waals surface area contributed by atoms with E-state index in [-0.39, 0.29) is 11.8 Å². The standard InChI is InChI=1S/C20H20N2O2/c1-4-15-9-7-8-13(2)19(15)21-20(24)17-12-22(14(3)23)18-11-6-5-10-16(17)18/h5-12H,4H2,1-3H3,(H,21,24). The molecule has 0 bridgehead atoms. The third-order valence-corrected chi connectivity index (χ3v) is 4.27. The van der Waals surface area contributed by atoms with Crippen molar-refractivity contribution in [1.29, 1.82) is 0 Å². The molecule has 122 valence electrons. The molecule has 0 aliphatic rings. The van der Waals surface area contributed by atoms with Gasteiger partial charge in [0.15, 0.2) is 0 Å². The first-order valence-corrected chi connectivity index (χ1v) is 8.03. The van der Waals surface area contributed by atoms with Gasteiger partial charge in [0.2, 0.25) is 5.91 Å². The number of hydrogen-bond acceptors (Lipinski definition) is 2. The molecule has 1 aromatic heterocycles. The average Bonchev–Trinajstić information content (AvgIpc) is 2.96. The van der Waals surface area contributed by atoms with Crippen LogP contribution in [0.25, 0.3) is 10.9 Å². The quantitative estimate of drug-likeness (QED) is 0.776. The summed E-state index contributed by atoms with van der Waals surface area (Å²) in [5.74, 6) is -0.314. The van der Waals surface area contributed by atoms with Crippen molar-refractivity contribution in [3.63, 3.8) is 0 Å². The molecule has 0 aliphatic carbocycles. The van der Waals surface area contributed by atoms with Crippen molar-refractivity contribution >= 4 is 28.4 Å². The number of anilines is 1. The van der Waals surface area contributed by atoms with Crippen LogP contribution in [0, 0.1) is 6.92 Å². The maximum Gasteiger partial charge on any atom is 0.257 e. The summed E-state index contributed by atoms with van der Waals surface area (Å²) in [5.41, 5.74) is 4.23. The van der Waals surface area contributed by atoms with E-state index in [1.807, 2.05) is 49.4 Å². The second kappa shape index (κ2) is 6.32. The van der Waals surface area contributed by atoms with E-state index >= 15 is 0 Å². The van der Waals surface area contributed by atoms with Crippen LogP contribution in [0.3, 0.4) is 0 Å². The van der Waals surface area contributed by atoms with Crippen LogP contribution in [-0.4, -0.2) is 16.4 Å². The Morgan fingerprint density at radius 2 is 1.83 bits per heavy atom. The Hall–Kier alpha value is -2.88. The van der Waals surface area contributed by atoms with Crippen molar-refractivity contribution in [2.24, 2.45) is 0 Å². The van der Waals surface area contributed by atoms with Crippen LogP contribution in [0.15, 0.2) is 48.7 Å². The highest BCUT2D eigenvalue weighted by atomic mass is 16.2. The third-order valence-electron chi connectivity index (χ3n) is 4.27. The van der Waals surface area contributed by atoms with Gasteiger partial charge < -0.3 is 5.32 Å². The predicted molar refractivity (Wildman–Crippen MR) is 96.7 cm³/mol. The molecule has 0 aliphatic heterocycles. The summed E-state index contributed by atoms with van der Waals surface area (Å²) >= 11 is 0. The number of nitrogens with one attached hydrogen (secondary N) is 1. The smallest absolute Gasteiger partial charge is 0.257 e. The summed E-state index contributed by atoms with van der Waals surface area (Å²) < 4.78 is 1.52. The van der Waals surface area contributed by atoms with Gasteiger partial charge in [0.1, 0.15) is 0 Å². The van der Waals surface area contributed by atoms with Gasteiger partial charge in [-0.05, 0) is 30.5 Å². The van der Waals surface area contributed by atoms with Crippen LogP contribution in [0.5, 0.6) is 0 Å². The van der Waals surface area contributed by atoms with E-state index in [4.69, 9.17) is 0 Å². The first-order chi connectivity index (χ1) is 11.5. The van der Waals surface area contributed by atoms with Crippen molar-refractivity contribution in [2.45, 2.75) is 27.2 Å². The molecule has 2 aromatic carbocycles. The summed E-state index contributed by atoms with van der Waals surface area (Å²) in [6, 6.07) is 13.4. The highest BCUT2D eigenvalue weighted by Gasteiger charge is 2.18. The van der Waals surface area contributed by atoms with Gasteiger partial charge in [0.05, 0.1) is 11.1 Å². The van der Waals surface area contributed by atoms with E-state index in [2.05, 4.69) is 12.2 Å². The van der Waals surface area contributed by atoms with Crippen LogP contribution in [0.4, 0.5) is 5.69 Å². The highest BCUT2D eigenvalue weighted by molar-refractivity contribution is 6.14. The zero-order valence-electron chi connectivity index (χ0n) is 14.1. The van der Waals surface area contributed by atoms with Gasteiger partial charge >= 0.3 is 0 Å². The van der Waals surface area contributed by atoms with Crippen LogP contribution in [-0.2, 0) is 6.42 Å². The molecular weight excluding hydrogens is 300 g/mol. The van der Waals surface area contributed by atoms with Crippen molar-refractivity contribution in [2.75, 3.05) is 5.32 Å². The SMILES string of the molecule is CCc1cccc(C)c1NC(=O)c1cn(C(C)=O)c2ccccc12. The van der Waals surface area contributed by atoms with Gasteiger partial charge in [0.25, 0.3) is 5.91 Å². The summed E-state index contributed by atoms with van der Waals surface area (Å²) in [6.45, 7) is 5.53. The zero-order valence-corrected chi connectivity index (χ0v) is 14.1. The summed E-state index contributed by atoms with van der Waals surface area (Å²) in [7, 11) is 0. The molecule has 0 unspecified atom stereocenters. The fraction of sp³-hybridized carbons (Fsp3) is 0.200. The molecule has 0 spiro atoms. The second-order valence-corrected chi connectivity index (χ2v) is 5.87. The van der Waals surface area contributed by atoms with Crippen molar-refractivity contribution < 1.29 is 9.59 Å². The minimum absolute atomic E-state index is 0.115. The summed E-state index contributed by atoms with van der Waals surface area (Å²) in [5, 5.41) is 3.80. The molecule has 1 heterocycles. The van der Waals surface area contributed by atoms with Crippen LogP contribution in [0.2, 0.25) is 0 Å². The van der Waals surface area contributed by atoms with Crippen molar-refractivity contribution in [3.8, 4) is 0 Å². The first-order valence-electron chi connectivity index (χ1n) is 8.03. The molecular formula is C20H20N2O2. The van der Waals surface area contributed by atoms with Gasteiger partial charge in [-0.1, -0.05) is 43.3 Å². The molecule has 1 N–H and O–H groups in total. The van der Waals surface area contributed by atoms with Crippen LogP contribution < -0.4 is 5.32 Å². The molecule has 4 nitrogen and oxygen atoms in total. The Kier molecular flexibility index (Phi) is 4.21. The van der Waals surface area contributed by atoms with E-state index < -0.39 is 0 Å². The Labute approximate surface area is 141 Å². The van der Waals surface area contributed by atoms with Gasteiger partial charge in [-0.25, -0.2) is 0 Å². The minimum atomic E-state index is -0.199. The van der Waals surface area contributed by atoms with Gasteiger partial charge in [0, 0.05) is 24.2 Å². The van der Waals surface area contributed by atoms with Crippen LogP contribution >= 0.6 is 0 Å². The fourth-order valence-corrected chi connectivity index (χ4v) is 3.00. The lowest BCUT2D eigenvalue weighted by Gasteiger charge is -2.12. The predicted octanol–water partition coefficient (Wildman–Crippen LogP) is 4.42. The molecule has 0 saturated carbocycles. The molecule has 3 rings (SSSR count). The molecule has 0 saturated heterocycles. The van der Waals surface area contributed by atoms with Gasteiger partial charge in [-0.3, -0.25) is 14.2 Å². The monoisotopic (exact) mass is 320 g/mol. The van der Waals surface area contributed by atoms with E-state index in [1.165, 1.54) is 11.5 Å². The number of para-hydroxylation sites is 2. The lowest BCUT2D eigenvalue weighted by molar-refractivity contribution is 0.0941. The number of aromatic nitrogens is 1.